The van der Waals surface area contributed by atoms with Gasteiger partial charge < -0.3 is 4.74 Å². The Balaban J connectivity index is 0.00000208. The van der Waals surface area contributed by atoms with E-state index >= 15 is 0 Å². The van der Waals surface area contributed by atoms with Crippen LogP contribution in [0, 0.1) is 0 Å². The lowest BCUT2D eigenvalue weighted by atomic mass is 9.80. The van der Waals surface area contributed by atoms with Gasteiger partial charge in [0, 0.05) is 5.54 Å². The molecule has 0 saturated carbocycles. The SMILES string of the molecule is COc1ccc2c(c1)CCCC2CCCN1CCCCC1(C)C.Cl. The number of rotatable bonds is 5. The summed E-state index contributed by atoms with van der Waals surface area (Å²) in [4.78, 5) is 2.73. The Morgan fingerprint density at radius 3 is 2.79 bits per heavy atom. The zero-order chi connectivity index (χ0) is 16.3. The zero-order valence-electron chi connectivity index (χ0n) is 15.6. The maximum Gasteiger partial charge on any atom is 0.119 e. The van der Waals surface area contributed by atoms with Crippen molar-refractivity contribution in [2.75, 3.05) is 20.2 Å². The molecule has 1 saturated heterocycles. The molecule has 2 aliphatic rings. The monoisotopic (exact) mass is 351 g/mol. The molecule has 0 spiro atoms. The van der Waals surface area contributed by atoms with Gasteiger partial charge in [0.2, 0.25) is 0 Å². The van der Waals surface area contributed by atoms with E-state index < -0.39 is 0 Å². The van der Waals surface area contributed by atoms with E-state index in [1.165, 1.54) is 70.0 Å². The van der Waals surface area contributed by atoms with Crippen LogP contribution in [0.25, 0.3) is 0 Å². The molecule has 0 bridgehead atoms. The summed E-state index contributed by atoms with van der Waals surface area (Å²) >= 11 is 0. The molecule has 0 radical (unpaired) electrons. The van der Waals surface area contributed by atoms with E-state index in [0.29, 0.717) is 5.54 Å². The van der Waals surface area contributed by atoms with Gasteiger partial charge in [-0.25, -0.2) is 0 Å². The van der Waals surface area contributed by atoms with E-state index in [1.807, 2.05) is 0 Å². The van der Waals surface area contributed by atoms with Gasteiger partial charge in [-0.05, 0) is 101 Å². The van der Waals surface area contributed by atoms with Crippen LogP contribution in [0.2, 0.25) is 0 Å². The Morgan fingerprint density at radius 2 is 2.04 bits per heavy atom. The Bertz CT molecular complexity index is 529. The van der Waals surface area contributed by atoms with Gasteiger partial charge in [-0.15, -0.1) is 12.4 Å². The standard InChI is InChI=1S/C21H33NO.ClH/c1-21(2)13-4-5-14-22(21)15-7-10-17-8-6-9-18-16-19(23-3)11-12-20(17)18;/h11-12,16-17H,4-10,13-15H2,1-3H3;1H. The van der Waals surface area contributed by atoms with Crippen molar-refractivity contribution in [1.29, 1.82) is 0 Å². The van der Waals surface area contributed by atoms with E-state index in [-0.39, 0.29) is 12.4 Å². The minimum absolute atomic E-state index is 0. The number of hydrogen-bond acceptors (Lipinski definition) is 2. The molecule has 1 unspecified atom stereocenters. The summed E-state index contributed by atoms with van der Waals surface area (Å²) in [6.45, 7) is 7.42. The van der Waals surface area contributed by atoms with Gasteiger partial charge in [-0.2, -0.15) is 0 Å². The number of hydrogen-bond donors (Lipinski definition) is 0. The number of halogens is 1. The molecule has 1 aliphatic carbocycles. The molecule has 3 rings (SSSR count). The Kier molecular flexibility index (Phi) is 7.00. The van der Waals surface area contributed by atoms with E-state index in [9.17, 15) is 0 Å². The molecule has 3 heteroatoms. The van der Waals surface area contributed by atoms with Gasteiger partial charge in [-0.1, -0.05) is 12.5 Å². The molecule has 0 aromatic heterocycles. The highest BCUT2D eigenvalue weighted by molar-refractivity contribution is 5.85. The number of benzene rings is 1. The van der Waals surface area contributed by atoms with Crippen LogP contribution in [0.15, 0.2) is 18.2 Å². The quantitative estimate of drug-likeness (QED) is 0.686. The van der Waals surface area contributed by atoms with Gasteiger partial charge in [-0.3, -0.25) is 4.90 Å². The first kappa shape index (κ1) is 19.6. The van der Waals surface area contributed by atoms with Crippen LogP contribution >= 0.6 is 12.4 Å². The highest BCUT2D eigenvalue weighted by atomic mass is 35.5. The average Bonchev–Trinajstić information content (AvgIpc) is 2.55. The fourth-order valence-corrected chi connectivity index (χ4v) is 4.58. The molecule has 2 nitrogen and oxygen atoms in total. The number of likely N-dealkylation sites (tertiary alicyclic amines) is 1. The van der Waals surface area contributed by atoms with Gasteiger partial charge in [0.15, 0.2) is 0 Å². The highest BCUT2D eigenvalue weighted by Gasteiger charge is 2.29. The molecule has 0 amide bonds. The highest BCUT2D eigenvalue weighted by Crippen LogP contribution is 2.37. The predicted molar refractivity (Wildman–Crippen MR) is 105 cm³/mol. The third-order valence-electron chi connectivity index (χ3n) is 6.09. The molecular formula is C21H34ClNO. The third kappa shape index (κ3) is 4.46. The minimum Gasteiger partial charge on any atom is -0.497 e. The molecule has 1 heterocycles. The number of methoxy groups -OCH3 is 1. The smallest absolute Gasteiger partial charge is 0.119 e. The lowest BCUT2D eigenvalue weighted by molar-refractivity contribution is 0.0745. The Hall–Kier alpha value is -0.730. The lowest BCUT2D eigenvalue weighted by Crippen LogP contribution is -2.47. The summed E-state index contributed by atoms with van der Waals surface area (Å²) in [5.74, 6) is 1.78. The van der Waals surface area contributed by atoms with Gasteiger partial charge in [0.05, 0.1) is 7.11 Å². The summed E-state index contributed by atoms with van der Waals surface area (Å²) in [5.41, 5.74) is 3.53. The number of piperidine rings is 1. The van der Waals surface area contributed by atoms with E-state index in [2.05, 4.69) is 36.9 Å². The van der Waals surface area contributed by atoms with Crippen LogP contribution < -0.4 is 4.74 Å². The lowest BCUT2D eigenvalue weighted by Gasteiger charge is -2.42. The van der Waals surface area contributed by atoms with Crippen LogP contribution in [-0.4, -0.2) is 30.6 Å². The van der Waals surface area contributed by atoms with Gasteiger partial charge >= 0.3 is 0 Å². The molecule has 0 N–H and O–H groups in total. The largest absolute Gasteiger partial charge is 0.497 e. The maximum atomic E-state index is 5.39. The van der Waals surface area contributed by atoms with Crippen molar-refractivity contribution in [1.82, 2.24) is 4.90 Å². The first-order valence-corrected chi connectivity index (χ1v) is 9.52. The summed E-state index contributed by atoms with van der Waals surface area (Å²) in [6, 6.07) is 6.73. The molecular weight excluding hydrogens is 318 g/mol. The molecule has 1 aliphatic heterocycles. The van der Waals surface area contributed by atoms with Crippen molar-refractivity contribution in [2.24, 2.45) is 0 Å². The molecule has 1 aromatic rings. The first-order valence-electron chi connectivity index (χ1n) is 9.52. The van der Waals surface area contributed by atoms with Crippen molar-refractivity contribution >= 4 is 12.4 Å². The van der Waals surface area contributed by atoms with Crippen LogP contribution in [0.3, 0.4) is 0 Å². The van der Waals surface area contributed by atoms with Crippen molar-refractivity contribution < 1.29 is 4.74 Å². The van der Waals surface area contributed by atoms with Crippen molar-refractivity contribution in [2.45, 2.75) is 76.7 Å². The van der Waals surface area contributed by atoms with E-state index in [1.54, 1.807) is 12.7 Å². The molecule has 1 aromatic carbocycles. The molecule has 24 heavy (non-hydrogen) atoms. The van der Waals surface area contributed by atoms with E-state index in [4.69, 9.17) is 4.74 Å². The molecule has 1 fully saturated rings. The number of fused-ring (bicyclic) bond motifs is 1. The summed E-state index contributed by atoms with van der Waals surface area (Å²) in [7, 11) is 1.77. The van der Waals surface area contributed by atoms with E-state index in [0.717, 1.165) is 11.7 Å². The van der Waals surface area contributed by atoms with Crippen LogP contribution in [0.4, 0.5) is 0 Å². The summed E-state index contributed by atoms with van der Waals surface area (Å²) in [6.07, 6.45) is 10.7. The normalized spacial score (nSPS) is 23.2. The predicted octanol–water partition coefficient (Wildman–Crippen LogP) is 5.58. The van der Waals surface area contributed by atoms with Crippen molar-refractivity contribution in [3.63, 3.8) is 0 Å². The molecule has 136 valence electrons. The second-order valence-corrected chi connectivity index (χ2v) is 8.05. The second kappa shape index (κ2) is 8.58. The van der Waals surface area contributed by atoms with Gasteiger partial charge in [0.1, 0.15) is 5.75 Å². The van der Waals surface area contributed by atoms with Crippen molar-refractivity contribution in [3.05, 3.63) is 29.3 Å². The minimum atomic E-state index is 0. The van der Waals surface area contributed by atoms with Crippen LogP contribution in [0.1, 0.15) is 75.8 Å². The number of nitrogens with zero attached hydrogens (tertiary/aromatic N) is 1. The van der Waals surface area contributed by atoms with Crippen molar-refractivity contribution in [3.8, 4) is 5.75 Å². The second-order valence-electron chi connectivity index (χ2n) is 8.05. The third-order valence-corrected chi connectivity index (χ3v) is 6.09. The summed E-state index contributed by atoms with van der Waals surface area (Å²) < 4.78 is 5.39. The molecule has 1 atom stereocenters. The number of aryl methyl sites for hydroxylation is 1. The zero-order valence-corrected chi connectivity index (χ0v) is 16.5. The van der Waals surface area contributed by atoms with Crippen LogP contribution in [0.5, 0.6) is 5.75 Å². The fraction of sp³-hybridized carbons (Fsp3) is 0.714. The Labute approximate surface area is 154 Å². The topological polar surface area (TPSA) is 12.5 Å². The maximum absolute atomic E-state index is 5.39. The van der Waals surface area contributed by atoms with Crippen LogP contribution in [-0.2, 0) is 6.42 Å². The number of ether oxygens (including phenoxy) is 1. The van der Waals surface area contributed by atoms with Gasteiger partial charge in [0.25, 0.3) is 0 Å². The average molecular weight is 352 g/mol. The first-order chi connectivity index (χ1) is 11.1. The fourth-order valence-electron chi connectivity index (χ4n) is 4.58. The summed E-state index contributed by atoms with van der Waals surface area (Å²) in [5, 5.41) is 0. The Morgan fingerprint density at radius 1 is 1.21 bits per heavy atom.